The van der Waals surface area contributed by atoms with Crippen molar-refractivity contribution in [3.63, 3.8) is 0 Å². The number of halogens is 1. The van der Waals surface area contributed by atoms with Gasteiger partial charge in [0, 0.05) is 12.6 Å². The van der Waals surface area contributed by atoms with Gasteiger partial charge in [0.1, 0.15) is 24.3 Å². The Hall–Kier alpha value is -2.08. The maximum Gasteiger partial charge on any atom is 0.191 e. The third-order valence-electron chi connectivity index (χ3n) is 3.41. The molecule has 5 nitrogen and oxygen atoms in total. The standard InChI is InChI=1S/C17H24FN3O2/c1-2-19-17(21-14-5-3-4-6-14)20-11-15(22)12-23-16-9-7-13(18)8-10-16/h3-4,7-10,14-15,22H,2,5-6,11-12H2,1H3,(H2,19,20,21). The second-order valence-electron chi connectivity index (χ2n) is 5.42. The number of aliphatic hydroxyl groups is 1. The largest absolute Gasteiger partial charge is 0.491 e. The molecular formula is C17H24FN3O2. The molecule has 126 valence electrons. The molecule has 0 radical (unpaired) electrons. The Morgan fingerprint density at radius 3 is 2.70 bits per heavy atom. The minimum atomic E-state index is -0.725. The van der Waals surface area contributed by atoms with Gasteiger partial charge in [-0.2, -0.15) is 0 Å². The van der Waals surface area contributed by atoms with Crippen LogP contribution in [0.2, 0.25) is 0 Å². The Labute approximate surface area is 136 Å². The zero-order valence-corrected chi connectivity index (χ0v) is 13.3. The monoisotopic (exact) mass is 321 g/mol. The van der Waals surface area contributed by atoms with E-state index in [1.807, 2.05) is 6.92 Å². The van der Waals surface area contributed by atoms with E-state index in [-0.39, 0.29) is 19.0 Å². The number of aliphatic hydroxyl groups excluding tert-OH is 1. The molecule has 0 aromatic heterocycles. The van der Waals surface area contributed by atoms with Crippen LogP contribution in [0.5, 0.6) is 5.75 Å². The first-order chi connectivity index (χ1) is 11.2. The number of nitrogens with one attached hydrogen (secondary N) is 2. The molecule has 0 heterocycles. The molecule has 2 rings (SSSR count). The van der Waals surface area contributed by atoms with Gasteiger partial charge >= 0.3 is 0 Å². The van der Waals surface area contributed by atoms with Crippen molar-refractivity contribution in [3.05, 3.63) is 42.2 Å². The molecule has 1 aliphatic rings. The van der Waals surface area contributed by atoms with Gasteiger partial charge in [0.25, 0.3) is 0 Å². The SMILES string of the molecule is CCNC(=NCC(O)COc1ccc(F)cc1)NC1CC=CC1. The molecule has 0 aliphatic heterocycles. The van der Waals surface area contributed by atoms with Crippen molar-refractivity contribution < 1.29 is 14.2 Å². The molecule has 1 aromatic rings. The van der Waals surface area contributed by atoms with Crippen LogP contribution in [0.4, 0.5) is 4.39 Å². The average Bonchev–Trinajstić information content (AvgIpc) is 3.05. The zero-order valence-electron chi connectivity index (χ0n) is 13.3. The molecule has 0 spiro atoms. The lowest BCUT2D eigenvalue weighted by Crippen LogP contribution is -2.43. The third-order valence-corrected chi connectivity index (χ3v) is 3.41. The van der Waals surface area contributed by atoms with Crippen LogP contribution in [-0.2, 0) is 0 Å². The summed E-state index contributed by atoms with van der Waals surface area (Å²) in [5.74, 6) is 0.906. The van der Waals surface area contributed by atoms with E-state index >= 15 is 0 Å². The molecule has 0 amide bonds. The number of guanidine groups is 1. The number of nitrogens with zero attached hydrogens (tertiary/aromatic N) is 1. The second-order valence-corrected chi connectivity index (χ2v) is 5.42. The lowest BCUT2D eigenvalue weighted by Gasteiger charge is -2.17. The highest BCUT2D eigenvalue weighted by atomic mass is 19.1. The van der Waals surface area contributed by atoms with Gasteiger partial charge in [-0.1, -0.05) is 12.2 Å². The maximum atomic E-state index is 12.8. The van der Waals surface area contributed by atoms with Crippen LogP contribution in [0.25, 0.3) is 0 Å². The fraction of sp³-hybridized carbons (Fsp3) is 0.471. The highest BCUT2D eigenvalue weighted by molar-refractivity contribution is 5.80. The van der Waals surface area contributed by atoms with Crippen LogP contribution >= 0.6 is 0 Å². The van der Waals surface area contributed by atoms with E-state index in [0.29, 0.717) is 17.8 Å². The number of hydrogen-bond acceptors (Lipinski definition) is 3. The Bertz CT molecular complexity index is 523. The number of ether oxygens (including phenoxy) is 1. The van der Waals surface area contributed by atoms with Gasteiger partial charge in [0.05, 0.1) is 6.54 Å². The van der Waals surface area contributed by atoms with E-state index in [2.05, 4.69) is 27.8 Å². The van der Waals surface area contributed by atoms with Crippen molar-refractivity contribution in [3.8, 4) is 5.75 Å². The van der Waals surface area contributed by atoms with Crippen molar-refractivity contribution in [2.45, 2.75) is 31.9 Å². The molecule has 0 fully saturated rings. The Kier molecular flexibility index (Phi) is 6.87. The predicted octanol–water partition coefficient (Wildman–Crippen LogP) is 1.84. The van der Waals surface area contributed by atoms with Crippen molar-refractivity contribution >= 4 is 5.96 Å². The molecule has 0 bridgehead atoms. The van der Waals surface area contributed by atoms with Crippen LogP contribution < -0.4 is 15.4 Å². The van der Waals surface area contributed by atoms with Crippen LogP contribution in [0, 0.1) is 5.82 Å². The van der Waals surface area contributed by atoms with Crippen LogP contribution in [0.3, 0.4) is 0 Å². The third kappa shape index (κ3) is 6.28. The van der Waals surface area contributed by atoms with E-state index < -0.39 is 6.10 Å². The first-order valence-electron chi connectivity index (χ1n) is 7.93. The van der Waals surface area contributed by atoms with Crippen LogP contribution in [0.1, 0.15) is 19.8 Å². The van der Waals surface area contributed by atoms with Crippen molar-refractivity contribution in [1.82, 2.24) is 10.6 Å². The first kappa shape index (κ1) is 17.3. The molecule has 1 aliphatic carbocycles. The quantitative estimate of drug-likeness (QED) is 0.407. The summed E-state index contributed by atoms with van der Waals surface area (Å²) in [6, 6.07) is 6.07. The van der Waals surface area contributed by atoms with Crippen LogP contribution in [0.15, 0.2) is 41.4 Å². The Morgan fingerprint density at radius 2 is 2.04 bits per heavy atom. The first-order valence-corrected chi connectivity index (χ1v) is 7.93. The number of hydrogen-bond donors (Lipinski definition) is 3. The van der Waals surface area contributed by atoms with Gasteiger partial charge in [0.15, 0.2) is 5.96 Å². The second kappa shape index (κ2) is 9.15. The number of aliphatic imine (C=N–C) groups is 1. The van der Waals surface area contributed by atoms with Crippen molar-refractivity contribution in [2.75, 3.05) is 19.7 Å². The highest BCUT2D eigenvalue weighted by Gasteiger charge is 2.12. The molecule has 0 saturated carbocycles. The topological polar surface area (TPSA) is 65.9 Å². The number of rotatable bonds is 7. The minimum absolute atomic E-state index is 0.111. The molecule has 0 saturated heterocycles. The molecule has 6 heteroatoms. The van der Waals surface area contributed by atoms with E-state index in [9.17, 15) is 9.50 Å². The summed E-state index contributed by atoms with van der Waals surface area (Å²) >= 11 is 0. The van der Waals surface area contributed by atoms with Crippen molar-refractivity contribution in [1.29, 1.82) is 0 Å². The van der Waals surface area contributed by atoms with Crippen LogP contribution in [-0.4, -0.2) is 42.9 Å². The van der Waals surface area contributed by atoms with E-state index in [1.165, 1.54) is 24.3 Å². The van der Waals surface area contributed by atoms with Crippen molar-refractivity contribution in [2.24, 2.45) is 4.99 Å². The summed E-state index contributed by atoms with van der Waals surface area (Å²) in [6.07, 6.45) is 5.54. The smallest absolute Gasteiger partial charge is 0.191 e. The summed E-state index contributed by atoms with van der Waals surface area (Å²) < 4.78 is 18.2. The molecule has 1 aromatic carbocycles. The summed E-state index contributed by atoms with van der Waals surface area (Å²) in [7, 11) is 0. The Morgan fingerprint density at radius 1 is 1.35 bits per heavy atom. The summed E-state index contributed by atoms with van der Waals surface area (Å²) in [4.78, 5) is 4.38. The minimum Gasteiger partial charge on any atom is -0.491 e. The van der Waals surface area contributed by atoms with E-state index in [1.54, 1.807) is 0 Å². The summed E-state index contributed by atoms with van der Waals surface area (Å²) in [5, 5.41) is 16.5. The van der Waals surface area contributed by atoms with Gasteiger partial charge in [-0.25, -0.2) is 4.39 Å². The maximum absolute atomic E-state index is 12.8. The molecular weight excluding hydrogens is 297 g/mol. The fourth-order valence-electron chi connectivity index (χ4n) is 2.22. The lowest BCUT2D eigenvalue weighted by molar-refractivity contribution is 0.114. The van der Waals surface area contributed by atoms with Gasteiger partial charge in [0.2, 0.25) is 0 Å². The van der Waals surface area contributed by atoms with E-state index in [0.717, 1.165) is 19.4 Å². The molecule has 1 unspecified atom stereocenters. The fourth-order valence-corrected chi connectivity index (χ4v) is 2.22. The van der Waals surface area contributed by atoms with Gasteiger partial charge in [-0.3, -0.25) is 4.99 Å². The molecule has 23 heavy (non-hydrogen) atoms. The Balaban J connectivity index is 1.76. The molecule has 1 atom stereocenters. The average molecular weight is 321 g/mol. The van der Waals surface area contributed by atoms with Gasteiger partial charge in [-0.15, -0.1) is 0 Å². The number of benzene rings is 1. The van der Waals surface area contributed by atoms with E-state index in [4.69, 9.17) is 4.74 Å². The lowest BCUT2D eigenvalue weighted by atomic mass is 10.2. The highest BCUT2D eigenvalue weighted by Crippen LogP contribution is 2.11. The summed E-state index contributed by atoms with van der Waals surface area (Å²) in [5.41, 5.74) is 0. The summed E-state index contributed by atoms with van der Waals surface area (Å²) in [6.45, 7) is 3.10. The van der Waals surface area contributed by atoms with Gasteiger partial charge in [-0.05, 0) is 44.0 Å². The molecule has 3 N–H and O–H groups in total. The zero-order chi connectivity index (χ0) is 16.5. The normalized spacial score (nSPS) is 16.4. The predicted molar refractivity (Wildman–Crippen MR) is 89.2 cm³/mol. The van der Waals surface area contributed by atoms with Gasteiger partial charge < -0.3 is 20.5 Å².